The molecule has 0 rings (SSSR count). The summed E-state index contributed by atoms with van der Waals surface area (Å²) >= 11 is 0. The Balaban J connectivity index is 4.48. The summed E-state index contributed by atoms with van der Waals surface area (Å²) in [6.07, 6.45) is 11.5. The van der Waals surface area contributed by atoms with Gasteiger partial charge in [-0.25, -0.2) is 0 Å². The van der Waals surface area contributed by atoms with E-state index >= 15 is 0 Å². The van der Waals surface area contributed by atoms with Gasteiger partial charge in [0.15, 0.2) is 0 Å². The molecule has 0 heterocycles. The van der Waals surface area contributed by atoms with Crippen molar-refractivity contribution in [2.24, 2.45) is 5.92 Å². The van der Waals surface area contributed by atoms with E-state index in [4.69, 9.17) is 6.42 Å². The zero-order chi connectivity index (χ0) is 11.7. The minimum absolute atomic E-state index is 0.282. The van der Waals surface area contributed by atoms with Crippen LogP contribution in [0.3, 0.4) is 0 Å². The van der Waals surface area contributed by atoms with E-state index in [1.807, 2.05) is 0 Å². The summed E-state index contributed by atoms with van der Waals surface area (Å²) in [6.45, 7) is 9.78. The summed E-state index contributed by atoms with van der Waals surface area (Å²) in [5, 5.41) is 3.58. The van der Waals surface area contributed by atoms with Crippen LogP contribution in [0.2, 0.25) is 0 Å². The third kappa shape index (κ3) is 5.85. The maximum atomic E-state index is 5.35. The van der Waals surface area contributed by atoms with Crippen molar-refractivity contribution in [3.05, 3.63) is 0 Å². The minimum atomic E-state index is 0.282. The van der Waals surface area contributed by atoms with E-state index in [1.165, 1.54) is 32.1 Å². The molecule has 1 nitrogen and oxygen atoms in total. The molecule has 0 aliphatic rings. The van der Waals surface area contributed by atoms with Crippen LogP contribution in [0, 0.1) is 18.3 Å². The molecule has 88 valence electrons. The molecule has 0 unspecified atom stereocenters. The summed E-state index contributed by atoms with van der Waals surface area (Å²) in [5.41, 5.74) is 0.282. The van der Waals surface area contributed by atoms with Gasteiger partial charge in [-0.2, -0.15) is 0 Å². The molecule has 0 radical (unpaired) electrons. The molecule has 0 aromatic rings. The highest BCUT2D eigenvalue weighted by molar-refractivity contribution is 4.95. The smallest absolute Gasteiger partial charge is 0.0578 e. The number of hydrogen-bond donors (Lipinski definition) is 1. The first-order chi connectivity index (χ1) is 7.10. The average Bonchev–Trinajstić information content (AvgIpc) is 2.14. The van der Waals surface area contributed by atoms with Gasteiger partial charge in [0.05, 0.1) is 6.54 Å². The number of nitrogens with one attached hydrogen (secondary N) is 1. The Morgan fingerprint density at radius 2 is 1.73 bits per heavy atom. The Bertz CT molecular complexity index is 182. The van der Waals surface area contributed by atoms with Gasteiger partial charge in [0.25, 0.3) is 0 Å². The fraction of sp³-hybridized carbons (Fsp3) is 0.857. The van der Waals surface area contributed by atoms with Gasteiger partial charge < -0.3 is 5.32 Å². The molecule has 1 N–H and O–H groups in total. The fourth-order valence-corrected chi connectivity index (χ4v) is 2.56. The lowest BCUT2D eigenvalue weighted by Gasteiger charge is -2.36. The molecule has 0 spiro atoms. The topological polar surface area (TPSA) is 12.0 Å². The van der Waals surface area contributed by atoms with Gasteiger partial charge in [0.2, 0.25) is 0 Å². The second-order valence-electron chi connectivity index (χ2n) is 4.94. The van der Waals surface area contributed by atoms with Crippen LogP contribution in [0.4, 0.5) is 0 Å². The molecule has 0 atom stereocenters. The van der Waals surface area contributed by atoms with Crippen LogP contribution in [0.15, 0.2) is 0 Å². The van der Waals surface area contributed by atoms with Crippen LogP contribution < -0.4 is 5.32 Å². The molecular weight excluding hydrogens is 182 g/mol. The van der Waals surface area contributed by atoms with Gasteiger partial charge in [-0.15, -0.1) is 6.42 Å². The Hall–Kier alpha value is -0.480. The number of hydrogen-bond acceptors (Lipinski definition) is 1. The van der Waals surface area contributed by atoms with Crippen molar-refractivity contribution < 1.29 is 0 Å². The molecule has 0 saturated heterocycles. The largest absolute Gasteiger partial charge is 0.301 e. The summed E-state index contributed by atoms with van der Waals surface area (Å²) in [7, 11) is 0. The number of rotatable bonds is 8. The van der Waals surface area contributed by atoms with Crippen molar-refractivity contribution >= 4 is 0 Å². The maximum absolute atomic E-state index is 5.35. The van der Waals surface area contributed by atoms with Gasteiger partial charge in [-0.05, 0) is 25.2 Å². The Morgan fingerprint density at radius 1 is 1.20 bits per heavy atom. The van der Waals surface area contributed by atoms with Crippen molar-refractivity contribution in [1.82, 2.24) is 5.32 Å². The van der Waals surface area contributed by atoms with Crippen LogP contribution in [-0.4, -0.2) is 12.1 Å². The maximum Gasteiger partial charge on any atom is 0.0578 e. The van der Waals surface area contributed by atoms with E-state index < -0.39 is 0 Å². The van der Waals surface area contributed by atoms with Crippen LogP contribution in [-0.2, 0) is 0 Å². The first-order valence-corrected chi connectivity index (χ1v) is 6.28. The molecular formula is C14H27N. The van der Waals surface area contributed by atoms with E-state index in [0.29, 0.717) is 6.54 Å². The predicted molar refractivity (Wildman–Crippen MR) is 68.8 cm³/mol. The lowest BCUT2D eigenvalue weighted by molar-refractivity contribution is 0.237. The third-order valence-corrected chi connectivity index (χ3v) is 2.82. The Morgan fingerprint density at radius 3 is 2.07 bits per heavy atom. The monoisotopic (exact) mass is 209 g/mol. The fourth-order valence-electron chi connectivity index (χ4n) is 2.56. The Kier molecular flexibility index (Phi) is 7.52. The number of terminal acetylenes is 1. The average molecular weight is 209 g/mol. The molecule has 0 saturated carbocycles. The van der Waals surface area contributed by atoms with Crippen molar-refractivity contribution in [2.45, 2.75) is 65.3 Å². The molecule has 0 bridgehead atoms. The van der Waals surface area contributed by atoms with E-state index in [2.05, 4.69) is 38.9 Å². The second kappa shape index (κ2) is 7.77. The van der Waals surface area contributed by atoms with Gasteiger partial charge >= 0.3 is 0 Å². The summed E-state index contributed by atoms with van der Waals surface area (Å²) in [6, 6.07) is 0. The van der Waals surface area contributed by atoms with E-state index in [1.54, 1.807) is 0 Å². The van der Waals surface area contributed by atoms with Crippen LogP contribution >= 0.6 is 0 Å². The summed E-state index contributed by atoms with van der Waals surface area (Å²) in [4.78, 5) is 0. The molecule has 0 aromatic carbocycles. The van der Waals surface area contributed by atoms with E-state index in [9.17, 15) is 0 Å². The first kappa shape index (κ1) is 14.5. The van der Waals surface area contributed by atoms with Crippen molar-refractivity contribution in [1.29, 1.82) is 0 Å². The quantitative estimate of drug-likeness (QED) is 0.602. The summed E-state index contributed by atoms with van der Waals surface area (Å²) in [5.74, 6) is 3.43. The molecule has 0 aliphatic heterocycles. The van der Waals surface area contributed by atoms with E-state index in [0.717, 1.165) is 5.92 Å². The SMILES string of the molecule is C#CCNC(CCC)(CCC)CC(C)C. The molecule has 15 heavy (non-hydrogen) atoms. The normalized spacial score (nSPS) is 11.7. The highest BCUT2D eigenvalue weighted by Gasteiger charge is 2.27. The van der Waals surface area contributed by atoms with Gasteiger partial charge in [0.1, 0.15) is 0 Å². The van der Waals surface area contributed by atoms with Crippen molar-refractivity contribution in [3.8, 4) is 12.3 Å². The second-order valence-corrected chi connectivity index (χ2v) is 4.94. The molecule has 0 aliphatic carbocycles. The molecule has 1 heteroatoms. The van der Waals surface area contributed by atoms with Gasteiger partial charge in [0, 0.05) is 5.54 Å². The zero-order valence-electron chi connectivity index (χ0n) is 10.9. The highest BCUT2D eigenvalue weighted by Crippen LogP contribution is 2.27. The van der Waals surface area contributed by atoms with Crippen LogP contribution in [0.1, 0.15) is 59.8 Å². The lowest BCUT2D eigenvalue weighted by atomic mass is 9.81. The van der Waals surface area contributed by atoms with Crippen LogP contribution in [0.5, 0.6) is 0 Å². The molecule has 0 aromatic heterocycles. The van der Waals surface area contributed by atoms with Crippen LogP contribution in [0.25, 0.3) is 0 Å². The van der Waals surface area contributed by atoms with Gasteiger partial charge in [-0.1, -0.05) is 46.5 Å². The molecule has 0 amide bonds. The summed E-state index contributed by atoms with van der Waals surface area (Å²) < 4.78 is 0. The predicted octanol–water partition coefficient (Wildman–Crippen LogP) is 3.59. The lowest BCUT2D eigenvalue weighted by Crippen LogP contribution is -2.46. The van der Waals surface area contributed by atoms with E-state index in [-0.39, 0.29) is 5.54 Å². The van der Waals surface area contributed by atoms with Crippen molar-refractivity contribution in [3.63, 3.8) is 0 Å². The van der Waals surface area contributed by atoms with Crippen molar-refractivity contribution in [2.75, 3.05) is 6.54 Å². The first-order valence-electron chi connectivity index (χ1n) is 6.28. The standard InChI is InChI=1S/C14H27N/c1-6-9-14(10-7-2,12-13(4)5)15-11-8-3/h3,13,15H,6-7,9-12H2,1-2,4-5H3. The zero-order valence-corrected chi connectivity index (χ0v) is 10.9. The third-order valence-electron chi connectivity index (χ3n) is 2.82. The highest BCUT2D eigenvalue weighted by atomic mass is 15.0. The Labute approximate surface area is 96.0 Å². The molecule has 0 fully saturated rings. The van der Waals surface area contributed by atoms with Gasteiger partial charge in [-0.3, -0.25) is 0 Å². The minimum Gasteiger partial charge on any atom is -0.301 e.